The molecule has 0 aliphatic heterocycles. The third kappa shape index (κ3) is 2.40. The van der Waals surface area contributed by atoms with E-state index in [2.05, 4.69) is 40.5 Å². The van der Waals surface area contributed by atoms with Crippen LogP contribution in [-0.2, 0) is 0 Å². The average Bonchev–Trinajstić information content (AvgIpc) is 3.10. The number of nitrogens with one attached hydrogen (secondary N) is 1. The van der Waals surface area contributed by atoms with Gasteiger partial charge in [-0.1, -0.05) is 30.3 Å². The molecule has 3 rings (SSSR count). The van der Waals surface area contributed by atoms with Crippen LogP contribution in [0.5, 0.6) is 0 Å². The Labute approximate surface area is 122 Å². The van der Waals surface area contributed by atoms with Gasteiger partial charge < -0.3 is 10.7 Å². The van der Waals surface area contributed by atoms with E-state index < -0.39 is 0 Å². The Morgan fingerprint density at radius 1 is 1.25 bits per heavy atom. The SMILES string of the molecule is Cc1ccsc1-c1cnc(C(CN)c2ccccc2)[nH]1. The molecule has 0 aliphatic carbocycles. The van der Waals surface area contributed by atoms with Crippen molar-refractivity contribution in [3.8, 4) is 10.6 Å². The second-order valence-electron chi connectivity index (χ2n) is 4.81. The first-order valence-corrected chi connectivity index (χ1v) is 7.52. The van der Waals surface area contributed by atoms with Gasteiger partial charge in [-0.05, 0) is 29.5 Å². The summed E-state index contributed by atoms with van der Waals surface area (Å²) in [5.74, 6) is 1.05. The fraction of sp³-hybridized carbons (Fsp3) is 0.188. The van der Waals surface area contributed by atoms with E-state index in [0.29, 0.717) is 6.54 Å². The fourth-order valence-electron chi connectivity index (χ4n) is 2.37. The molecule has 3 nitrogen and oxygen atoms in total. The summed E-state index contributed by atoms with van der Waals surface area (Å²) in [6, 6.07) is 12.4. The maximum Gasteiger partial charge on any atom is 0.115 e. The molecule has 0 amide bonds. The summed E-state index contributed by atoms with van der Waals surface area (Å²) in [6.45, 7) is 2.66. The van der Waals surface area contributed by atoms with Gasteiger partial charge in [0.05, 0.1) is 22.7 Å². The minimum Gasteiger partial charge on any atom is -0.341 e. The lowest BCUT2D eigenvalue weighted by Gasteiger charge is -2.12. The Morgan fingerprint density at radius 3 is 2.70 bits per heavy atom. The zero-order valence-electron chi connectivity index (χ0n) is 11.3. The molecular formula is C16H17N3S. The normalized spacial score (nSPS) is 12.5. The van der Waals surface area contributed by atoms with E-state index in [1.54, 1.807) is 11.3 Å². The summed E-state index contributed by atoms with van der Waals surface area (Å²) in [4.78, 5) is 9.20. The summed E-state index contributed by atoms with van der Waals surface area (Å²) in [7, 11) is 0. The molecule has 20 heavy (non-hydrogen) atoms. The van der Waals surface area contributed by atoms with Crippen molar-refractivity contribution in [1.82, 2.24) is 9.97 Å². The predicted octanol–water partition coefficient (Wildman–Crippen LogP) is 3.54. The van der Waals surface area contributed by atoms with Crippen LogP contribution in [0.15, 0.2) is 48.0 Å². The van der Waals surface area contributed by atoms with Crippen molar-refractivity contribution in [3.63, 3.8) is 0 Å². The molecular weight excluding hydrogens is 266 g/mol. The molecule has 2 heterocycles. The van der Waals surface area contributed by atoms with Gasteiger partial charge in [-0.25, -0.2) is 4.98 Å². The summed E-state index contributed by atoms with van der Waals surface area (Å²) < 4.78 is 0. The van der Waals surface area contributed by atoms with Crippen LogP contribution >= 0.6 is 11.3 Å². The maximum absolute atomic E-state index is 5.94. The Morgan fingerprint density at radius 2 is 2.05 bits per heavy atom. The predicted molar refractivity (Wildman–Crippen MR) is 84.0 cm³/mol. The first-order valence-electron chi connectivity index (χ1n) is 6.64. The second-order valence-corrected chi connectivity index (χ2v) is 5.73. The van der Waals surface area contributed by atoms with Gasteiger partial charge in [0.1, 0.15) is 5.82 Å². The Balaban J connectivity index is 1.95. The highest BCUT2D eigenvalue weighted by atomic mass is 32.1. The molecule has 1 atom stereocenters. The van der Waals surface area contributed by atoms with Crippen LogP contribution in [0.25, 0.3) is 10.6 Å². The van der Waals surface area contributed by atoms with E-state index in [1.165, 1.54) is 16.0 Å². The van der Waals surface area contributed by atoms with Crippen LogP contribution in [0, 0.1) is 6.92 Å². The first-order chi connectivity index (χ1) is 9.79. The number of hydrogen-bond donors (Lipinski definition) is 2. The van der Waals surface area contributed by atoms with Gasteiger partial charge in [0.25, 0.3) is 0 Å². The highest BCUT2D eigenvalue weighted by Gasteiger charge is 2.16. The molecule has 0 aliphatic rings. The highest BCUT2D eigenvalue weighted by Crippen LogP contribution is 2.29. The molecule has 2 aromatic heterocycles. The number of imidazole rings is 1. The summed E-state index contributed by atoms with van der Waals surface area (Å²) in [5.41, 5.74) is 9.47. The van der Waals surface area contributed by atoms with E-state index in [-0.39, 0.29) is 5.92 Å². The summed E-state index contributed by atoms with van der Waals surface area (Å²) in [6.07, 6.45) is 1.90. The summed E-state index contributed by atoms with van der Waals surface area (Å²) in [5, 5.41) is 2.10. The third-order valence-corrected chi connectivity index (χ3v) is 4.52. The van der Waals surface area contributed by atoms with E-state index in [4.69, 9.17) is 5.73 Å². The molecule has 3 aromatic rings. The quantitative estimate of drug-likeness (QED) is 0.769. The van der Waals surface area contributed by atoms with Gasteiger partial charge in [-0.15, -0.1) is 11.3 Å². The van der Waals surface area contributed by atoms with E-state index in [0.717, 1.165) is 11.5 Å². The lowest BCUT2D eigenvalue weighted by molar-refractivity contribution is 0.765. The van der Waals surface area contributed by atoms with Crippen molar-refractivity contribution in [1.29, 1.82) is 0 Å². The maximum atomic E-state index is 5.94. The lowest BCUT2D eigenvalue weighted by atomic mass is 9.99. The standard InChI is InChI=1S/C16H17N3S/c1-11-7-8-20-15(11)14-10-18-16(19-14)13(9-17)12-5-3-2-4-6-12/h2-8,10,13H,9,17H2,1H3,(H,18,19). The van der Waals surface area contributed by atoms with Gasteiger partial charge in [0.2, 0.25) is 0 Å². The number of rotatable bonds is 4. The zero-order valence-corrected chi connectivity index (χ0v) is 12.2. The first kappa shape index (κ1) is 13.1. The van der Waals surface area contributed by atoms with Crippen molar-refractivity contribution in [3.05, 3.63) is 64.9 Å². The molecule has 1 aromatic carbocycles. The molecule has 0 radical (unpaired) electrons. The number of aryl methyl sites for hydroxylation is 1. The number of benzene rings is 1. The lowest BCUT2D eigenvalue weighted by Crippen LogP contribution is -2.15. The molecule has 0 saturated heterocycles. The van der Waals surface area contributed by atoms with E-state index in [1.807, 2.05) is 24.4 Å². The van der Waals surface area contributed by atoms with Crippen molar-refractivity contribution < 1.29 is 0 Å². The monoisotopic (exact) mass is 283 g/mol. The van der Waals surface area contributed by atoms with Crippen molar-refractivity contribution in [2.24, 2.45) is 5.73 Å². The van der Waals surface area contributed by atoms with Crippen LogP contribution in [0.3, 0.4) is 0 Å². The molecule has 0 fully saturated rings. The van der Waals surface area contributed by atoms with Crippen molar-refractivity contribution in [2.45, 2.75) is 12.8 Å². The third-order valence-electron chi connectivity index (χ3n) is 3.47. The number of aromatic nitrogens is 2. The minimum absolute atomic E-state index is 0.116. The Hall–Kier alpha value is -1.91. The van der Waals surface area contributed by atoms with E-state index >= 15 is 0 Å². The number of nitrogens with two attached hydrogens (primary N) is 1. The topological polar surface area (TPSA) is 54.7 Å². The molecule has 0 saturated carbocycles. The second kappa shape index (κ2) is 5.61. The molecule has 102 valence electrons. The van der Waals surface area contributed by atoms with Crippen LogP contribution in [0.1, 0.15) is 22.9 Å². The smallest absolute Gasteiger partial charge is 0.115 e. The van der Waals surface area contributed by atoms with Gasteiger partial charge in [-0.3, -0.25) is 0 Å². The van der Waals surface area contributed by atoms with Gasteiger partial charge in [0.15, 0.2) is 0 Å². The minimum atomic E-state index is 0.116. The van der Waals surface area contributed by atoms with Gasteiger partial charge in [0, 0.05) is 6.54 Å². The van der Waals surface area contributed by atoms with Crippen molar-refractivity contribution >= 4 is 11.3 Å². The van der Waals surface area contributed by atoms with Crippen LogP contribution in [0.4, 0.5) is 0 Å². The number of nitrogens with zero attached hydrogens (tertiary/aromatic N) is 1. The summed E-state index contributed by atoms with van der Waals surface area (Å²) >= 11 is 1.73. The van der Waals surface area contributed by atoms with Crippen LogP contribution < -0.4 is 5.73 Å². The fourth-order valence-corrected chi connectivity index (χ4v) is 3.26. The highest BCUT2D eigenvalue weighted by molar-refractivity contribution is 7.13. The van der Waals surface area contributed by atoms with Gasteiger partial charge >= 0.3 is 0 Å². The van der Waals surface area contributed by atoms with Crippen LogP contribution in [-0.4, -0.2) is 16.5 Å². The molecule has 3 N–H and O–H groups in total. The number of hydrogen-bond acceptors (Lipinski definition) is 3. The van der Waals surface area contributed by atoms with Crippen molar-refractivity contribution in [2.75, 3.05) is 6.54 Å². The number of aromatic amines is 1. The zero-order chi connectivity index (χ0) is 13.9. The number of thiophene rings is 1. The number of H-pyrrole nitrogens is 1. The van der Waals surface area contributed by atoms with Gasteiger partial charge in [-0.2, -0.15) is 0 Å². The largest absolute Gasteiger partial charge is 0.341 e. The molecule has 1 unspecified atom stereocenters. The molecule has 4 heteroatoms. The average molecular weight is 283 g/mol. The van der Waals surface area contributed by atoms with Crippen LogP contribution in [0.2, 0.25) is 0 Å². The molecule has 0 bridgehead atoms. The van der Waals surface area contributed by atoms with E-state index in [9.17, 15) is 0 Å². The molecule has 0 spiro atoms. The Kier molecular flexibility index (Phi) is 3.67. The Bertz CT molecular complexity index is 685.